The van der Waals surface area contributed by atoms with Gasteiger partial charge in [0.15, 0.2) is 0 Å². The predicted molar refractivity (Wildman–Crippen MR) is 96.6 cm³/mol. The molecule has 1 aromatic rings. The van der Waals surface area contributed by atoms with Crippen LogP contribution in [0.4, 0.5) is 0 Å². The molecule has 6 heteroatoms. The second-order valence-electron chi connectivity index (χ2n) is 5.28. The highest BCUT2D eigenvalue weighted by Crippen LogP contribution is 2.25. The van der Waals surface area contributed by atoms with Crippen LogP contribution in [-0.4, -0.2) is 25.1 Å². The molecule has 1 unspecified atom stereocenters. The van der Waals surface area contributed by atoms with Crippen molar-refractivity contribution in [3.05, 3.63) is 28.7 Å². The second kappa shape index (κ2) is 10.1. The molecular weight excluding hydrogens is 368 g/mol. The Morgan fingerprint density at radius 2 is 1.86 bits per heavy atom. The van der Waals surface area contributed by atoms with E-state index in [0.717, 1.165) is 23.1 Å². The standard InChI is InChI=1S/C16H25BrN2O2.ClH/c1-4-16(5-2,11-18)15(20)19-10-12(3)21-14-8-6-13(17)7-9-14;/h6-9,12H,4-5,10-11,18H2,1-3H3,(H,19,20);1H. The van der Waals surface area contributed by atoms with Crippen LogP contribution in [0.2, 0.25) is 0 Å². The number of rotatable bonds is 8. The van der Waals surface area contributed by atoms with Gasteiger partial charge in [0, 0.05) is 11.0 Å². The van der Waals surface area contributed by atoms with Crippen molar-refractivity contribution < 1.29 is 9.53 Å². The van der Waals surface area contributed by atoms with E-state index in [1.807, 2.05) is 45.0 Å². The van der Waals surface area contributed by atoms with Gasteiger partial charge in [-0.05, 0) is 44.0 Å². The van der Waals surface area contributed by atoms with Crippen LogP contribution in [0, 0.1) is 5.41 Å². The summed E-state index contributed by atoms with van der Waals surface area (Å²) in [5.74, 6) is 0.803. The maximum atomic E-state index is 12.3. The summed E-state index contributed by atoms with van der Waals surface area (Å²) in [4.78, 5) is 12.3. The first-order valence-electron chi connectivity index (χ1n) is 7.38. The van der Waals surface area contributed by atoms with Crippen molar-refractivity contribution >= 4 is 34.2 Å². The number of nitrogens with one attached hydrogen (secondary N) is 1. The highest BCUT2D eigenvalue weighted by molar-refractivity contribution is 9.10. The molecule has 0 bridgehead atoms. The van der Waals surface area contributed by atoms with E-state index in [1.165, 1.54) is 0 Å². The molecule has 0 aliphatic heterocycles. The number of hydrogen-bond donors (Lipinski definition) is 2. The second-order valence-corrected chi connectivity index (χ2v) is 6.20. The van der Waals surface area contributed by atoms with Crippen LogP contribution >= 0.6 is 28.3 Å². The highest BCUT2D eigenvalue weighted by atomic mass is 79.9. The molecule has 1 atom stereocenters. The summed E-state index contributed by atoms with van der Waals surface area (Å²) in [7, 11) is 0. The maximum absolute atomic E-state index is 12.3. The van der Waals surface area contributed by atoms with Crippen LogP contribution in [0.1, 0.15) is 33.6 Å². The lowest BCUT2D eigenvalue weighted by Gasteiger charge is -2.29. The largest absolute Gasteiger partial charge is 0.489 e. The molecule has 0 spiro atoms. The number of nitrogens with two attached hydrogens (primary N) is 1. The first-order valence-corrected chi connectivity index (χ1v) is 8.17. The Kier molecular flexibility index (Phi) is 9.72. The molecule has 0 saturated heterocycles. The lowest BCUT2D eigenvalue weighted by atomic mass is 9.81. The molecule has 0 heterocycles. The SMILES string of the molecule is CCC(CC)(CN)C(=O)NCC(C)Oc1ccc(Br)cc1.Cl. The molecule has 4 nitrogen and oxygen atoms in total. The number of ether oxygens (including phenoxy) is 1. The van der Waals surface area contributed by atoms with Crippen molar-refractivity contribution in [1.29, 1.82) is 0 Å². The number of amides is 1. The van der Waals surface area contributed by atoms with Crippen molar-refractivity contribution in [2.24, 2.45) is 11.1 Å². The van der Waals surface area contributed by atoms with Gasteiger partial charge in [-0.15, -0.1) is 12.4 Å². The van der Waals surface area contributed by atoms with E-state index in [2.05, 4.69) is 21.2 Å². The Morgan fingerprint density at radius 3 is 2.32 bits per heavy atom. The summed E-state index contributed by atoms with van der Waals surface area (Å²) in [6, 6.07) is 7.64. The third-order valence-corrected chi connectivity index (χ3v) is 4.46. The molecule has 0 aliphatic carbocycles. The zero-order valence-electron chi connectivity index (χ0n) is 13.4. The van der Waals surface area contributed by atoms with E-state index in [9.17, 15) is 4.79 Å². The first kappa shape index (κ1) is 21.2. The summed E-state index contributed by atoms with van der Waals surface area (Å²) in [6.45, 7) is 6.77. The Hall–Kier alpha value is -0.780. The van der Waals surface area contributed by atoms with E-state index in [0.29, 0.717) is 13.1 Å². The highest BCUT2D eigenvalue weighted by Gasteiger charge is 2.33. The van der Waals surface area contributed by atoms with Crippen molar-refractivity contribution in [2.45, 2.75) is 39.7 Å². The third-order valence-electron chi connectivity index (χ3n) is 3.93. The zero-order valence-corrected chi connectivity index (χ0v) is 15.8. The van der Waals surface area contributed by atoms with Gasteiger partial charge in [-0.3, -0.25) is 4.79 Å². The van der Waals surface area contributed by atoms with Crippen molar-refractivity contribution in [3.63, 3.8) is 0 Å². The number of hydrogen-bond acceptors (Lipinski definition) is 3. The van der Waals surface area contributed by atoms with Crippen LogP contribution in [0.25, 0.3) is 0 Å². The molecule has 22 heavy (non-hydrogen) atoms. The molecule has 0 fully saturated rings. The summed E-state index contributed by atoms with van der Waals surface area (Å²) < 4.78 is 6.78. The smallest absolute Gasteiger partial charge is 0.227 e. The van der Waals surface area contributed by atoms with Crippen LogP contribution in [-0.2, 0) is 4.79 Å². The number of benzene rings is 1. The fourth-order valence-electron chi connectivity index (χ4n) is 2.16. The monoisotopic (exact) mass is 392 g/mol. The minimum atomic E-state index is -0.461. The normalized spacial score (nSPS) is 12.2. The molecule has 1 aromatic carbocycles. The van der Waals surface area contributed by atoms with Gasteiger partial charge in [-0.2, -0.15) is 0 Å². The van der Waals surface area contributed by atoms with E-state index in [4.69, 9.17) is 10.5 Å². The lowest BCUT2D eigenvalue weighted by Crippen LogP contribution is -2.47. The van der Waals surface area contributed by atoms with E-state index < -0.39 is 5.41 Å². The average Bonchev–Trinajstić information content (AvgIpc) is 2.50. The van der Waals surface area contributed by atoms with Crippen LogP contribution in [0.5, 0.6) is 5.75 Å². The fourth-order valence-corrected chi connectivity index (χ4v) is 2.43. The summed E-state index contributed by atoms with van der Waals surface area (Å²) in [6.07, 6.45) is 1.39. The molecule has 3 N–H and O–H groups in total. The van der Waals surface area contributed by atoms with Gasteiger partial charge < -0.3 is 15.8 Å². The molecule has 1 amide bonds. The van der Waals surface area contributed by atoms with Gasteiger partial charge in [-0.1, -0.05) is 29.8 Å². The van der Waals surface area contributed by atoms with Crippen LogP contribution in [0.15, 0.2) is 28.7 Å². The van der Waals surface area contributed by atoms with Crippen LogP contribution < -0.4 is 15.8 Å². The lowest BCUT2D eigenvalue weighted by molar-refractivity contribution is -0.131. The predicted octanol–water partition coefficient (Wildman–Crippen LogP) is 3.52. The first-order chi connectivity index (χ1) is 9.97. The molecule has 126 valence electrons. The Morgan fingerprint density at radius 1 is 1.32 bits per heavy atom. The minimum absolute atomic E-state index is 0. The van der Waals surface area contributed by atoms with Crippen molar-refractivity contribution in [1.82, 2.24) is 5.32 Å². The zero-order chi connectivity index (χ0) is 15.9. The Balaban J connectivity index is 0.00000441. The maximum Gasteiger partial charge on any atom is 0.227 e. The molecular formula is C16H26BrClN2O2. The number of halogens is 2. The summed E-state index contributed by atoms with van der Waals surface area (Å²) >= 11 is 3.38. The van der Waals surface area contributed by atoms with E-state index >= 15 is 0 Å². The van der Waals surface area contributed by atoms with Gasteiger partial charge in [0.2, 0.25) is 5.91 Å². The molecule has 0 aliphatic rings. The molecule has 0 radical (unpaired) electrons. The Labute approximate surface area is 147 Å². The van der Waals surface area contributed by atoms with E-state index in [1.54, 1.807) is 0 Å². The molecule has 0 aromatic heterocycles. The topological polar surface area (TPSA) is 64.4 Å². The number of carbonyl (C=O) groups is 1. The van der Waals surface area contributed by atoms with Gasteiger partial charge in [0.25, 0.3) is 0 Å². The minimum Gasteiger partial charge on any atom is -0.489 e. The molecule has 1 rings (SSSR count). The van der Waals surface area contributed by atoms with Crippen molar-refractivity contribution in [3.8, 4) is 5.75 Å². The van der Waals surface area contributed by atoms with E-state index in [-0.39, 0.29) is 24.4 Å². The molecule has 0 saturated carbocycles. The fraction of sp³-hybridized carbons (Fsp3) is 0.562. The van der Waals surface area contributed by atoms with Gasteiger partial charge >= 0.3 is 0 Å². The third kappa shape index (κ3) is 5.78. The van der Waals surface area contributed by atoms with Crippen molar-refractivity contribution in [2.75, 3.05) is 13.1 Å². The van der Waals surface area contributed by atoms with Gasteiger partial charge in [0.05, 0.1) is 12.0 Å². The Bertz CT molecular complexity index is 442. The summed E-state index contributed by atoms with van der Waals surface area (Å²) in [5, 5.41) is 2.95. The quantitative estimate of drug-likeness (QED) is 0.710. The summed E-state index contributed by atoms with van der Waals surface area (Å²) in [5.41, 5.74) is 5.32. The number of carbonyl (C=O) groups excluding carboxylic acids is 1. The van der Waals surface area contributed by atoms with Gasteiger partial charge in [0.1, 0.15) is 11.9 Å². The van der Waals surface area contributed by atoms with Crippen LogP contribution in [0.3, 0.4) is 0 Å². The average molecular weight is 394 g/mol. The van der Waals surface area contributed by atoms with Gasteiger partial charge in [-0.25, -0.2) is 0 Å².